The first kappa shape index (κ1) is 12.9. The van der Waals surface area contributed by atoms with Gasteiger partial charge in [0, 0.05) is 13.0 Å². The monoisotopic (exact) mass is 220 g/mol. The van der Waals surface area contributed by atoms with E-state index in [1.54, 1.807) is 0 Å². The van der Waals surface area contributed by atoms with Crippen molar-refractivity contribution in [2.24, 2.45) is 0 Å². The van der Waals surface area contributed by atoms with Gasteiger partial charge in [-0.25, -0.2) is 0 Å². The summed E-state index contributed by atoms with van der Waals surface area (Å²) in [5.74, 6) is 0.190. The third-order valence-electron chi connectivity index (χ3n) is 2.50. The third kappa shape index (κ3) is 3.78. The Labute approximate surface area is 97.6 Å². The number of unbranched alkanes of at least 4 members (excludes halogenated alkanes) is 1. The van der Waals surface area contributed by atoms with Crippen LogP contribution in [0.25, 0.3) is 0 Å². The maximum Gasteiger partial charge on any atom is 0.166 e. The molecule has 0 aliphatic heterocycles. The van der Waals surface area contributed by atoms with Crippen molar-refractivity contribution in [2.75, 3.05) is 6.61 Å². The first-order valence-electron chi connectivity index (χ1n) is 5.98. The Morgan fingerprint density at radius 1 is 1.25 bits per heavy atom. The molecule has 1 unspecified atom stereocenters. The van der Waals surface area contributed by atoms with Crippen molar-refractivity contribution in [1.82, 2.24) is 0 Å². The summed E-state index contributed by atoms with van der Waals surface area (Å²) in [6, 6.07) is 9.72. The first-order chi connectivity index (χ1) is 7.79. The summed E-state index contributed by atoms with van der Waals surface area (Å²) >= 11 is 0. The van der Waals surface area contributed by atoms with Crippen molar-refractivity contribution >= 4 is 5.78 Å². The zero-order valence-electron chi connectivity index (χ0n) is 10.1. The number of hydrogen-bond donors (Lipinski definition) is 0. The smallest absolute Gasteiger partial charge is 0.166 e. The number of carbonyl (C=O) groups excluding carboxylic acids is 1. The molecule has 0 aliphatic rings. The summed E-state index contributed by atoms with van der Waals surface area (Å²) in [5, 5.41) is 0. The van der Waals surface area contributed by atoms with Gasteiger partial charge in [0.15, 0.2) is 5.78 Å². The van der Waals surface area contributed by atoms with Gasteiger partial charge in [-0.05, 0) is 18.9 Å². The summed E-state index contributed by atoms with van der Waals surface area (Å²) in [6.45, 7) is 4.58. The van der Waals surface area contributed by atoms with Crippen LogP contribution in [0.2, 0.25) is 0 Å². The van der Waals surface area contributed by atoms with E-state index in [0.29, 0.717) is 13.0 Å². The summed E-state index contributed by atoms with van der Waals surface area (Å²) in [4.78, 5) is 12.0. The molecule has 2 heteroatoms. The molecule has 1 aromatic carbocycles. The quantitative estimate of drug-likeness (QED) is 0.702. The molecule has 0 saturated heterocycles. The number of hydrogen-bond acceptors (Lipinski definition) is 2. The van der Waals surface area contributed by atoms with Crippen molar-refractivity contribution in [2.45, 2.75) is 39.2 Å². The zero-order valence-corrected chi connectivity index (χ0v) is 10.1. The van der Waals surface area contributed by atoms with E-state index in [1.807, 2.05) is 37.3 Å². The minimum absolute atomic E-state index is 0.190. The lowest BCUT2D eigenvalue weighted by Gasteiger charge is -2.16. The molecular formula is C14H20O2. The average molecular weight is 220 g/mol. The molecule has 0 N–H and O–H groups in total. The number of benzene rings is 1. The fourth-order valence-corrected chi connectivity index (χ4v) is 1.65. The van der Waals surface area contributed by atoms with Gasteiger partial charge in [0.05, 0.1) is 0 Å². The van der Waals surface area contributed by atoms with E-state index >= 15 is 0 Å². The Bertz CT molecular complexity index is 306. The second-order valence-electron chi connectivity index (χ2n) is 3.82. The number of carbonyl (C=O) groups is 1. The van der Waals surface area contributed by atoms with E-state index in [2.05, 4.69) is 6.92 Å². The topological polar surface area (TPSA) is 26.3 Å². The summed E-state index contributed by atoms with van der Waals surface area (Å²) in [7, 11) is 0. The fourth-order valence-electron chi connectivity index (χ4n) is 1.65. The first-order valence-corrected chi connectivity index (χ1v) is 5.98. The molecule has 0 aromatic heterocycles. The fraction of sp³-hybridized carbons (Fsp3) is 0.500. The maximum atomic E-state index is 12.0. The summed E-state index contributed by atoms with van der Waals surface area (Å²) in [6.07, 6.45) is 2.21. The molecule has 1 rings (SSSR count). The molecule has 0 bridgehead atoms. The molecule has 0 spiro atoms. The van der Waals surface area contributed by atoms with Crippen molar-refractivity contribution in [3.63, 3.8) is 0 Å². The van der Waals surface area contributed by atoms with Crippen LogP contribution in [0.15, 0.2) is 30.3 Å². The molecule has 0 radical (unpaired) electrons. The highest BCUT2D eigenvalue weighted by Crippen LogP contribution is 2.20. The number of ether oxygens (including phenoxy) is 1. The van der Waals surface area contributed by atoms with Gasteiger partial charge in [-0.2, -0.15) is 0 Å². The predicted octanol–water partition coefficient (Wildman–Crippen LogP) is 3.52. The van der Waals surface area contributed by atoms with Gasteiger partial charge in [-0.3, -0.25) is 4.79 Å². The summed E-state index contributed by atoms with van der Waals surface area (Å²) in [5.41, 5.74) is 0.963. The molecule has 88 valence electrons. The highest BCUT2D eigenvalue weighted by atomic mass is 16.5. The molecule has 0 amide bonds. The lowest BCUT2D eigenvalue weighted by molar-refractivity contribution is -0.130. The van der Waals surface area contributed by atoms with Gasteiger partial charge in [0.25, 0.3) is 0 Å². The van der Waals surface area contributed by atoms with Crippen LogP contribution in [0.3, 0.4) is 0 Å². The highest BCUT2D eigenvalue weighted by Gasteiger charge is 2.19. The molecule has 1 aromatic rings. The van der Waals surface area contributed by atoms with Crippen LogP contribution < -0.4 is 0 Å². The predicted molar refractivity (Wildman–Crippen MR) is 65.3 cm³/mol. The van der Waals surface area contributed by atoms with Crippen LogP contribution in [0.5, 0.6) is 0 Å². The number of ketones is 1. The Morgan fingerprint density at radius 2 is 1.94 bits per heavy atom. The average Bonchev–Trinajstić information content (AvgIpc) is 2.34. The Kier molecular flexibility index (Phi) is 5.79. The van der Waals surface area contributed by atoms with Gasteiger partial charge < -0.3 is 4.74 Å². The molecule has 1 atom stereocenters. The van der Waals surface area contributed by atoms with E-state index < -0.39 is 0 Å². The second-order valence-corrected chi connectivity index (χ2v) is 3.82. The van der Waals surface area contributed by atoms with Gasteiger partial charge in [-0.15, -0.1) is 0 Å². The lowest BCUT2D eigenvalue weighted by atomic mass is 10.0. The summed E-state index contributed by atoms with van der Waals surface area (Å²) < 4.78 is 5.54. The van der Waals surface area contributed by atoms with Crippen molar-refractivity contribution in [3.05, 3.63) is 35.9 Å². The van der Waals surface area contributed by atoms with Crippen LogP contribution in [-0.2, 0) is 9.53 Å². The zero-order chi connectivity index (χ0) is 11.8. The molecule has 0 heterocycles. The van der Waals surface area contributed by atoms with Gasteiger partial charge in [0.1, 0.15) is 6.10 Å². The van der Waals surface area contributed by atoms with E-state index in [4.69, 9.17) is 4.74 Å². The molecular weight excluding hydrogens is 200 g/mol. The molecule has 0 aliphatic carbocycles. The van der Waals surface area contributed by atoms with Crippen LogP contribution in [0.4, 0.5) is 0 Å². The molecule has 2 nitrogen and oxygen atoms in total. The van der Waals surface area contributed by atoms with Crippen LogP contribution >= 0.6 is 0 Å². The van der Waals surface area contributed by atoms with E-state index in [-0.39, 0.29) is 11.9 Å². The van der Waals surface area contributed by atoms with E-state index in [0.717, 1.165) is 18.4 Å². The molecule has 16 heavy (non-hydrogen) atoms. The normalized spacial score (nSPS) is 12.4. The Morgan fingerprint density at radius 3 is 2.50 bits per heavy atom. The maximum absolute atomic E-state index is 12.0. The Hall–Kier alpha value is -1.15. The minimum Gasteiger partial charge on any atom is -0.366 e. The standard InChI is InChI=1S/C14H20O2/c1-3-5-11-13(15)14(16-4-2)12-9-7-6-8-10-12/h6-10,14H,3-5,11H2,1-2H3. The largest absolute Gasteiger partial charge is 0.366 e. The van der Waals surface area contributed by atoms with Crippen molar-refractivity contribution < 1.29 is 9.53 Å². The van der Waals surface area contributed by atoms with E-state index in [9.17, 15) is 4.79 Å². The van der Waals surface area contributed by atoms with E-state index in [1.165, 1.54) is 0 Å². The van der Waals surface area contributed by atoms with Crippen molar-refractivity contribution in [3.8, 4) is 0 Å². The van der Waals surface area contributed by atoms with Gasteiger partial charge in [-0.1, -0.05) is 43.7 Å². The number of Topliss-reactive ketones (excluding diaryl/α,β-unsaturated/α-hetero) is 1. The van der Waals surface area contributed by atoms with Crippen LogP contribution in [0.1, 0.15) is 44.8 Å². The highest BCUT2D eigenvalue weighted by molar-refractivity contribution is 5.84. The SMILES string of the molecule is CCCCC(=O)C(OCC)c1ccccc1. The molecule has 0 fully saturated rings. The molecule has 0 saturated carbocycles. The third-order valence-corrected chi connectivity index (χ3v) is 2.50. The van der Waals surface area contributed by atoms with Crippen LogP contribution in [-0.4, -0.2) is 12.4 Å². The second kappa shape index (κ2) is 7.18. The lowest BCUT2D eigenvalue weighted by Crippen LogP contribution is -2.15. The number of rotatable bonds is 7. The van der Waals surface area contributed by atoms with Crippen LogP contribution in [0, 0.1) is 0 Å². The Balaban J connectivity index is 2.71. The van der Waals surface area contributed by atoms with Gasteiger partial charge >= 0.3 is 0 Å². The minimum atomic E-state index is -0.377. The van der Waals surface area contributed by atoms with Crippen molar-refractivity contribution in [1.29, 1.82) is 0 Å². The van der Waals surface area contributed by atoms with Gasteiger partial charge in [0.2, 0.25) is 0 Å².